The summed E-state index contributed by atoms with van der Waals surface area (Å²) in [4.78, 5) is 17.8. The summed E-state index contributed by atoms with van der Waals surface area (Å²) in [6.45, 7) is 5.21. The standard InChI is InChI=1S/C21H21ClN4O5S/c1-4-14-7-5-6-12(2)21(14)25-32(28,29)18-9-17-16(8-15(18)22)26(20(27)11-30-17)10-19-23-13(3)31-24-19/h5-9,25H,4,10-11H2,1-3H3. The Hall–Kier alpha value is -3.11. The molecule has 1 aromatic heterocycles. The van der Waals surface area contributed by atoms with Crippen molar-refractivity contribution in [2.24, 2.45) is 0 Å². The van der Waals surface area contributed by atoms with Crippen LogP contribution in [0.2, 0.25) is 5.02 Å². The van der Waals surface area contributed by atoms with E-state index in [4.69, 9.17) is 20.9 Å². The number of carbonyl (C=O) groups excluding carboxylic acids is 1. The van der Waals surface area contributed by atoms with E-state index in [1.165, 1.54) is 17.0 Å². The highest BCUT2D eigenvalue weighted by atomic mass is 35.5. The van der Waals surface area contributed by atoms with Gasteiger partial charge in [0.15, 0.2) is 12.4 Å². The molecule has 2 aromatic carbocycles. The number of sulfonamides is 1. The maximum atomic E-state index is 13.2. The first-order valence-electron chi connectivity index (χ1n) is 9.86. The van der Waals surface area contributed by atoms with Crippen molar-refractivity contribution < 1.29 is 22.5 Å². The first-order chi connectivity index (χ1) is 15.2. The Bertz CT molecular complexity index is 1310. The zero-order chi connectivity index (χ0) is 23.0. The van der Waals surface area contributed by atoms with Gasteiger partial charge in [-0.2, -0.15) is 4.98 Å². The van der Waals surface area contributed by atoms with Gasteiger partial charge < -0.3 is 9.26 Å². The van der Waals surface area contributed by atoms with Crippen LogP contribution in [0.25, 0.3) is 0 Å². The number of hydrogen-bond donors (Lipinski definition) is 1. The number of carbonyl (C=O) groups is 1. The lowest BCUT2D eigenvalue weighted by Gasteiger charge is -2.29. The second-order valence-electron chi connectivity index (χ2n) is 7.32. The van der Waals surface area contributed by atoms with Gasteiger partial charge in [-0.25, -0.2) is 8.42 Å². The van der Waals surface area contributed by atoms with E-state index in [1.807, 2.05) is 32.0 Å². The van der Waals surface area contributed by atoms with E-state index in [0.29, 0.717) is 29.5 Å². The molecule has 2 heterocycles. The van der Waals surface area contributed by atoms with Gasteiger partial charge in [-0.15, -0.1) is 0 Å². The van der Waals surface area contributed by atoms with Gasteiger partial charge in [-0.05, 0) is 30.5 Å². The topological polar surface area (TPSA) is 115 Å². The highest BCUT2D eigenvalue weighted by Gasteiger charge is 2.31. The number of halogens is 1. The smallest absolute Gasteiger partial charge is 0.265 e. The van der Waals surface area contributed by atoms with Crippen molar-refractivity contribution in [1.82, 2.24) is 10.1 Å². The van der Waals surface area contributed by atoms with Crippen LogP contribution in [-0.4, -0.2) is 31.1 Å². The van der Waals surface area contributed by atoms with E-state index in [1.54, 1.807) is 6.92 Å². The van der Waals surface area contributed by atoms with Crippen LogP contribution in [0.1, 0.15) is 29.8 Å². The fourth-order valence-corrected chi connectivity index (χ4v) is 5.20. The summed E-state index contributed by atoms with van der Waals surface area (Å²) in [5, 5.41) is 3.76. The Labute approximate surface area is 190 Å². The molecule has 0 aliphatic carbocycles. The zero-order valence-electron chi connectivity index (χ0n) is 17.7. The summed E-state index contributed by atoms with van der Waals surface area (Å²) >= 11 is 6.38. The molecular formula is C21H21ClN4O5S. The van der Waals surface area contributed by atoms with Crippen LogP contribution < -0.4 is 14.4 Å². The number of benzene rings is 2. The number of ether oxygens (including phenoxy) is 1. The van der Waals surface area contributed by atoms with E-state index in [-0.39, 0.29) is 34.7 Å². The summed E-state index contributed by atoms with van der Waals surface area (Å²) in [7, 11) is -4.02. The predicted molar refractivity (Wildman–Crippen MR) is 119 cm³/mol. The van der Waals surface area contributed by atoms with Gasteiger partial charge in [0.05, 0.1) is 22.9 Å². The largest absolute Gasteiger partial charge is 0.482 e. The molecule has 9 nitrogen and oxygen atoms in total. The molecule has 1 amide bonds. The maximum absolute atomic E-state index is 13.2. The molecule has 0 fully saturated rings. The minimum Gasteiger partial charge on any atom is -0.482 e. The molecule has 168 valence electrons. The SMILES string of the molecule is CCc1cccc(C)c1NS(=O)(=O)c1cc2c(cc1Cl)N(Cc1noc(C)n1)C(=O)CO2. The molecule has 0 radical (unpaired) electrons. The van der Waals surface area contributed by atoms with Crippen LogP contribution in [0, 0.1) is 13.8 Å². The van der Waals surface area contributed by atoms with Crippen molar-refractivity contribution >= 4 is 38.9 Å². The number of nitrogens with zero attached hydrogens (tertiary/aromatic N) is 3. The fourth-order valence-electron chi connectivity index (χ4n) is 3.49. The number of aromatic nitrogens is 2. The van der Waals surface area contributed by atoms with Gasteiger partial charge in [0.25, 0.3) is 15.9 Å². The molecule has 4 rings (SSSR count). The first-order valence-corrected chi connectivity index (χ1v) is 11.7. The third kappa shape index (κ3) is 4.15. The maximum Gasteiger partial charge on any atom is 0.265 e. The van der Waals surface area contributed by atoms with Gasteiger partial charge in [-0.1, -0.05) is 41.9 Å². The second-order valence-corrected chi connectivity index (χ2v) is 9.37. The van der Waals surface area contributed by atoms with Gasteiger partial charge >= 0.3 is 0 Å². The van der Waals surface area contributed by atoms with Crippen molar-refractivity contribution in [3.8, 4) is 5.75 Å². The highest BCUT2D eigenvalue weighted by Crippen LogP contribution is 2.40. The molecular weight excluding hydrogens is 456 g/mol. The van der Waals surface area contributed by atoms with E-state index in [2.05, 4.69) is 14.9 Å². The monoisotopic (exact) mass is 476 g/mol. The van der Waals surface area contributed by atoms with Crippen LogP contribution in [0.4, 0.5) is 11.4 Å². The summed E-state index contributed by atoms with van der Waals surface area (Å²) in [6, 6.07) is 8.30. The molecule has 1 aliphatic rings. The van der Waals surface area contributed by atoms with E-state index < -0.39 is 10.0 Å². The lowest BCUT2D eigenvalue weighted by Crippen LogP contribution is -2.38. The number of para-hydroxylation sites is 1. The Morgan fingerprint density at radius 3 is 2.72 bits per heavy atom. The number of fused-ring (bicyclic) bond motifs is 1. The average Bonchev–Trinajstić information content (AvgIpc) is 3.16. The van der Waals surface area contributed by atoms with Crippen LogP contribution in [0.3, 0.4) is 0 Å². The normalized spacial score (nSPS) is 13.6. The number of anilines is 2. The molecule has 1 N–H and O–H groups in total. The van der Waals surface area contributed by atoms with E-state index >= 15 is 0 Å². The fraction of sp³-hybridized carbons (Fsp3) is 0.286. The second kappa shape index (κ2) is 8.44. The van der Waals surface area contributed by atoms with Gasteiger partial charge in [-0.3, -0.25) is 14.4 Å². The van der Waals surface area contributed by atoms with Crippen LogP contribution in [-0.2, 0) is 27.8 Å². The van der Waals surface area contributed by atoms with Crippen LogP contribution >= 0.6 is 11.6 Å². The number of nitrogens with one attached hydrogen (secondary N) is 1. The highest BCUT2D eigenvalue weighted by molar-refractivity contribution is 7.92. The van der Waals surface area contributed by atoms with Crippen molar-refractivity contribution in [2.75, 3.05) is 16.2 Å². The molecule has 11 heteroatoms. The summed E-state index contributed by atoms with van der Waals surface area (Å²) < 4.78 is 39.5. The van der Waals surface area contributed by atoms with Crippen molar-refractivity contribution in [3.63, 3.8) is 0 Å². The molecule has 0 unspecified atom stereocenters. The summed E-state index contributed by atoms with van der Waals surface area (Å²) in [5.41, 5.74) is 2.52. The number of hydrogen-bond acceptors (Lipinski definition) is 7. The van der Waals surface area contributed by atoms with Crippen LogP contribution in [0.15, 0.2) is 39.8 Å². The Kier molecular flexibility index (Phi) is 5.83. The van der Waals surface area contributed by atoms with Crippen molar-refractivity contribution in [1.29, 1.82) is 0 Å². The molecule has 0 bridgehead atoms. The minimum atomic E-state index is -4.02. The summed E-state index contributed by atoms with van der Waals surface area (Å²) in [5.74, 6) is 0.561. The molecule has 0 saturated carbocycles. The quantitative estimate of drug-likeness (QED) is 0.577. The van der Waals surface area contributed by atoms with E-state index in [9.17, 15) is 13.2 Å². The Balaban J connectivity index is 1.71. The number of aryl methyl sites for hydroxylation is 3. The van der Waals surface area contributed by atoms with E-state index in [0.717, 1.165) is 11.1 Å². The Morgan fingerprint density at radius 1 is 1.25 bits per heavy atom. The molecule has 3 aromatic rings. The molecule has 0 spiro atoms. The minimum absolute atomic E-state index is 0.0380. The zero-order valence-corrected chi connectivity index (χ0v) is 19.2. The first kappa shape index (κ1) is 22.1. The van der Waals surface area contributed by atoms with Gasteiger partial charge in [0.1, 0.15) is 10.6 Å². The molecule has 0 atom stereocenters. The average molecular weight is 477 g/mol. The van der Waals surface area contributed by atoms with Gasteiger partial charge in [0.2, 0.25) is 5.89 Å². The Morgan fingerprint density at radius 2 is 2.03 bits per heavy atom. The molecule has 32 heavy (non-hydrogen) atoms. The lowest BCUT2D eigenvalue weighted by atomic mass is 10.1. The molecule has 1 aliphatic heterocycles. The number of rotatable bonds is 6. The summed E-state index contributed by atoms with van der Waals surface area (Å²) in [6.07, 6.45) is 0.660. The third-order valence-electron chi connectivity index (χ3n) is 5.09. The van der Waals surface area contributed by atoms with Crippen molar-refractivity contribution in [3.05, 3.63) is 58.2 Å². The predicted octanol–water partition coefficient (Wildman–Crippen LogP) is 3.63. The third-order valence-corrected chi connectivity index (χ3v) is 6.91. The van der Waals surface area contributed by atoms with Gasteiger partial charge in [0, 0.05) is 13.0 Å². The molecule has 0 saturated heterocycles. The van der Waals surface area contributed by atoms with Crippen LogP contribution in [0.5, 0.6) is 5.75 Å². The lowest BCUT2D eigenvalue weighted by molar-refractivity contribution is -0.121. The number of amides is 1. The van der Waals surface area contributed by atoms with Crippen molar-refractivity contribution in [2.45, 2.75) is 38.6 Å².